The van der Waals surface area contributed by atoms with Crippen molar-refractivity contribution in [3.05, 3.63) is 35.9 Å². The van der Waals surface area contributed by atoms with Crippen LogP contribution in [-0.2, 0) is 6.42 Å². The van der Waals surface area contributed by atoms with Crippen molar-refractivity contribution in [2.75, 3.05) is 19.6 Å². The molecule has 3 rings (SSSR count). The molecule has 0 aromatic heterocycles. The van der Waals surface area contributed by atoms with Gasteiger partial charge in [0.05, 0.1) is 0 Å². The van der Waals surface area contributed by atoms with Gasteiger partial charge in [-0.05, 0) is 37.3 Å². The molecular weight excluding hydrogens is 256 g/mol. The van der Waals surface area contributed by atoms with Crippen molar-refractivity contribution in [3.63, 3.8) is 0 Å². The van der Waals surface area contributed by atoms with E-state index < -0.39 is 0 Å². The van der Waals surface area contributed by atoms with E-state index in [1.807, 2.05) is 0 Å². The lowest BCUT2D eigenvalue weighted by molar-refractivity contribution is 0.110. The van der Waals surface area contributed by atoms with Crippen LogP contribution in [0.5, 0.6) is 0 Å². The van der Waals surface area contributed by atoms with Gasteiger partial charge in [0, 0.05) is 25.2 Å². The maximum absolute atomic E-state index is 3.77. The molecule has 21 heavy (non-hydrogen) atoms. The quantitative estimate of drug-likeness (QED) is 0.861. The second kappa shape index (κ2) is 7.42. The van der Waals surface area contributed by atoms with E-state index in [0.717, 1.165) is 18.4 Å². The SMILES string of the molecule is CCC1CNC(Cc2ccccc2)CN1CCC1CCC1. The average molecular weight is 286 g/mol. The fourth-order valence-electron chi connectivity index (χ4n) is 3.77. The summed E-state index contributed by atoms with van der Waals surface area (Å²) in [5.41, 5.74) is 1.46. The van der Waals surface area contributed by atoms with E-state index in [-0.39, 0.29) is 0 Å². The highest BCUT2D eigenvalue weighted by Crippen LogP contribution is 2.30. The number of benzene rings is 1. The van der Waals surface area contributed by atoms with E-state index >= 15 is 0 Å². The summed E-state index contributed by atoms with van der Waals surface area (Å²) in [4.78, 5) is 2.77. The van der Waals surface area contributed by atoms with Gasteiger partial charge in [0.25, 0.3) is 0 Å². The normalized spacial score (nSPS) is 27.5. The molecule has 0 radical (unpaired) electrons. The predicted octanol–water partition coefficient (Wildman–Crippen LogP) is 3.47. The van der Waals surface area contributed by atoms with Gasteiger partial charge in [-0.15, -0.1) is 0 Å². The van der Waals surface area contributed by atoms with Gasteiger partial charge >= 0.3 is 0 Å². The van der Waals surface area contributed by atoms with Gasteiger partial charge in [-0.2, -0.15) is 0 Å². The van der Waals surface area contributed by atoms with E-state index in [4.69, 9.17) is 0 Å². The third-order valence-corrected chi connectivity index (χ3v) is 5.46. The first-order chi connectivity index (χ1) is 10.3. The molecule has 2 fully saturated rings. The summed E-state index contributed by atoms with van der Waals surface area (Å²) >= 11 is 0. The average Bonchev–Trinajstić information content (AvgIpc) is 2.47. The lowest BCUT2D eigenvalue weighted by atomic mass is 9.82. The maximum atomic E-state index is 3.77. The minimum Gasteiger partial charge on any atom is -0.311 e. The van der Waals surface area contributed by atoms with E-state index in [1.54, 1.807) is 0 Å². The van der Waals surface area contributed by atoms with Crippen molar-refractivity contribution in [1.29, 1.82) is 0 Å². The Morgan fingerprint density at radius 1 is 1.19 bits per heavy atom. The van der Waals surface area contributed by atoms with Gasteiger partial charge in [0.15, 0.2) is 0 Å². The summed E-state index contributed by atoms with van der Waals surface area (Å²) in [6.07, 6.45) is 8.30. The molecule has 116 valence electrons. The molecule has 1 aliphatic carbocycles. The van der Waals surface area contributed by atoms with Crippen molar-refractivity contribution in [2.45, 2.75) is 57.5 Å². The van der Waals surface area contributed by atoms with Gasteiger partial charge in [-0.1, -0.05) is 56.5 Å². The summed E-state index contributed by atoms with van der Waals surface area (Å²) in [5.74, 6) is 1.03. The Hall–Kier alpha value is -0.860. The second-order valence-corrected chi connectivity index (χ2v) is 6.94. The van der Waals surface area contributed by atoms with Crippen LogP contribution in [0.2, 0.25) is 0 Å². The van der Waals surface area contributed by atoms with Crippen LogP contribution < -0.4 is 5.32 Å². The summed E-state index contributed by atoms with van der Waals surface area (Å²) < 4.78 is 0. The van der Waals surface area contributed by atoms with E-state index in [1.165, 1.54) is 57.3 Å². The molecule has 1 saturated carbocycles. The molecule has 2 atom stereocenters. The first-order valence-electron chi connectivity index (χ1n) is 8.86. The molecule has 2 nitrogen and oxygen atoms in total. The first kappa shape index (κ1) is 15.1. The molecular formula is C19H30N2. The van der Waals surface area contributed by atoms with Crippen molar-refractivity contribution >= 4 is 0 Å². The van der Waals surface area contributed by atoms with Crippen LogP contribution in [0.1, 0.15) is 44.6 Å². The molecule has 0 amide bonds. The Morgan fingerprint density at radius 3 is 2.67 bits per heavy atom. The number of piperazine rings is 1. The molecule has 1 aromatic carbocycles. The first-order valence-corrected chi connectivity index (χ1v) is 8.86. The van der Waals surface area contributed by atoms with E-state index in [2.05, 4.69) is 47.5 Å². The van der Waals surface area contributed by atoms with Gasteiger partial charge in [0.1, 0.15) is 0 Å². The lowest BCUT2D eigenvalue weighted by Crippen LogP contribution is -2.57. The van der Waals surface area contributed by atoms with Crippen molar-refractivity contribution < 1.29 is 0 Å². The molecule has 1 aromatic rings. The van der Waals surface area contributed by atoms with Gasteiger partial charge < -0.3 is 5.32 Å². The van der Waals surface area contributed by atoms with Crippen LogP contribution >= 0.6 is 0 Å². The molecule has 1 saturated heterocycles. The number of nitrogens with one attached hydrogen (secondary N) is 1. The summed E-state index contributed by atoms with van der Waals surface area (Å²) in [5, 5.41) is 3.77. The molecule has 2 unspecified atom stereocenters. The second-order valence-electron chi connectivity index (χ2n) is 6.94. The lowest BCUT2D eigenvalue weighted by Gasteiger charge is -2.41. The van der Waals surface area contributed by atoms with Crippen LogP contribution in [0.15, 0.2) is 30.3 Å². The highest BCUT2D eigenvalue weighted by atomic mass is 15.2. The fraction of sp³-hybridized carbons (Fsp3) is 0.684. The summed E-state index contributed by atoms with van der Waals surface area (Å²) in [6, 6.07) is 12.3. The smallest absolute Gasteiger partial charge is 0.0236 e. The molecule has 0 bridgehead atoms. The van der Waals surface area contributed by atoms with Crippen molar-refractivity contribution in [2.24, 2.45) is 5.92 Å². The fourth-order valence-corrected chi connectivity index (χ4v) is 3.77. The Morgan fingerprint density at radius 2 is 2.00 bits per heavy atom. The van der Waals surface area contributed by atoms with Crippen LogP contribution in [0.25, 0.3) is 0 Å². The van der Waals surface area contributed by atoms with Crippen molar-refractivity contribution in [1.82, 2.24) is 10.2 Å². The largest absolute Gasteiger partial charge is 0.311 e. The Kier molecular flexibility index (Phi) is 5.32. The van der Waals surface area contributed by atoms with Crippen molar-refractivity contribution in [3.8, 4) is 0 Å². The van der Waals surface area contributed by atoms with Gasteiger partial charge in [0.2, 0.25) is 0 Å². The Labute approximate surface area is 129 Å². The zero-order valence-corrected chi connectivity index (χ0v) is 13.4. The summed E-state index contributed by atoms with van der Waals surface area (Å²) in [6.45, 7) is 6.04. The van der Waals surface area contributed by atoms with E-state index in [0.29, 0.717) is 6.04 Å². The van der Waals surface area contributed by atoms with Gasteiger partial charge in [-0.25, -0.2) is 0 Å². The van der Waals surface area contributed by atoms with Crippen LogP contribution in [-0.4, -0.2) is 36.6 Å². The number of hydrogen-bond donors (Lipinski definition) is 1. The molecule has 1 N–H and O–H groups in total. The zero-order chi connectivity index (χ0) is 14.5. The molecule has 1 heterocycles. The monoisotopic (exact) mass is 286 g/mol. The maximum Gasteiger partial charge on any atom is 0.0236 e. The summed E-state index contributed by atoms with van der Waals surface area (Å²) in [7, 11) is 0. The number of nitrogens with zero attached hydrogens (tertiary/aromatic N) is 1. The van der Waals surface area contributed by atoms with Gasteiger partial charge in [-0.3, -0.25) is 4.90 Å². The molecule has 0 spiro atoms. The third kappa shape index (κ3) is 4.08. The minimum atomic E-state index is 0.622. The standard InChI is InChI=1S/C19H30N2/c1-2-19-14-20-18(13-17-7-4-3-5-8-17)15-21(19)12-11-16-9-6-10-16/h3-5,7-8,16,18-20H,2,6,9-15H2,1H3. The Bertz CT molecular complexity index is 413. The third-order valence-electron chi connectivity index (χ3n) is 5.46. The highest BCUT2D eigenvalue weighted by molar-refractivity contribution is 5.16. The van der Waals surface area contributed by atoms with Crippen LogP contribution in [0, 0.1) is 5.92 Å². The van der Waals surface area contributed by atoms with Crippen LogP contribution in [0.4, 0.5) is 0 Å². The predicted molar refractivity (Wildman–Crippen MR) is 89.5 cm³/mol. The number of rotatable bonds is 6. The molecule has 2 aliphatic rings. The topological polar surface area (TPSA) is 15.3 Å². The Balaban J connectivity index is 1.52. The highest BCUT2D eigenvalue weighted by Gasteiger charge is 2.27. The molecule has 2 heteroatoms. The zero-order valence-electron chi connectivity index (χ0n) is 13.4. The minimum absolute atomic E-state index is 0.622. The van der Waals surface area contributed by atoms with E-state index in [9.17, 15) is 0 Å². The van der Waals surface area contributed by atoms with Crippen LogP contribution in [0.3, 0.4) is 0 Å². The number of hydrogen-bond acceptors (Lipinski definition) is 2. The molecule has 1 aliphatic heterocycles.